The first-order valence-electron chi connectivity index (χ1n) is 8.92. The number of alkyl halides is 3. The Hall–Kier alpha value is -3.73. The first-order valence-corrected chi connectivity index (χ1v) is 9.74. The van der Waals surface area contributed by atoms with E-state index < -0.39 is 17.6 Å². The molecule has 4 aromatic rings. The van der Waals surface area contributed by atoms with Crippen molar-refractivity contribution in [3.63, 3.8) is 0 Å². The van der Waals surface area contributed by atoms with Crippen molar-refractivity contribution in [2.24, 2.45) is 0 Å². The number of fused-ring (bicyclic) bond motifs is 1. The van der Waals surface area contributed by atoms with Gasteiger partial charge in [-0.2, -0.15) is 18.2 Å². The number of hydrogen-bond acceptors (Lipinski definition) is 7. The van der Waals surface area contributed by atoms with Crippen LogP contribution in [0, 0.1) is 0 Å². The molecular weight excluding hydrogens is 429 g/mol. The van der Waals surface area contributed by atoms with Crippen LogP contribution in [0.15, 0.2) is 54.7 Å². The molecule has 0 saturated heterocycles. The Kier molecular flexibility index (Phi) is 5.19. The van der Waals surface area contributed by atoms with Crippen molar-refractivity contribution >= 4 is 50.0 Å². The topological polar surface area (TPSA) is 97.0 Å². The van der Waals surface area contributed by atoms with E-state index in [-0.39, 0.29) is 5.56 Å². The normalized spacial score (nSPS) is 11.5. The zero-order chi connectivity index (χ0) is 22.2. The summed E-state index contributed by atoms with van der Waals surface area (Å²) in [6, 6.07) is 11.0. The maximum absolute atomic E-state index is 12.9. The predicted molar refractivity (Wildman–Crippen MR) is 114 cm³/mol. The molecule has 3 N–H and O–H groups in total. The fourth-order valence-corrected chi connectivity index (χ4v) is 3.53. The second kappa shape index (κ2) is 7.84. The largest absolute Gasteiger partial charge is 0.416 e. The third kappa shape index (κ3) is 4.40. The van der Waals surface area contributed by atoms with E-state index in [1.165, 1.54) is 23.5 Å². The van der Waals surface area contributed by atoms with Gasteiger partial charge in [0.25, 0.3) is 5.91 Å². The summed E-state index contributed by atoms with van der Waals surface area (Å²) in [5.41, 5.74) is 6.40. The third-order valence-electron chi connectivity index (χ3n) is 4.40. The summed E-state index contributed by atoms with van der Waals surface area (Å²) in [5.74, 6) is -0.249. The minimum absolute atomic E-state index is 0.0925. The Morgan fingerprint density at radius 1 is 1.13 bits per heavy atom. The van der Waals surface area contributed by atoms with Crippen LogP contribution >= 0.6 is 11.3 Å². The summed E-state index contributed by atoms with van der Waals surface area (Å²) in [7, 11) is 1.75. The Morgan fingerprint density at radius 3 is 2.68 bits per heavy atom. The number of amides is 1. The summed E-state index contributed by atoms with van der Waals surface area (Å²) in [6.07, 6.45) is -2.96. The molecule has 0 unspecified atom stereocenters. The Balaban J connectivity index is 1.55. The van der Waals surface area contributed by atoms with Crippen LogP contribution in [-0.4, -0.2) is 27.9 Å². The lowest BCUT2D eigenvalue weighted by Gasteiger charge is -2.18. The predicted octanol–water partition coefficient (Wildman–Crippen LogP) is 4.71. The fourth-order valence-electron chi connectivity index (χ4n) is 2.85. The molecule has 4 rings (SSSR count). The number of hydrogen-bond donors (Lipinski definition) is 2. The lowest BCUT2D eigenvalue weighted by Crippen LogP contribution is -2.15. The molecule has 0 atom stereocenters. The van der Waals surface area contributed by atoms with E-state index in [0.717, 1.165) is 12.1 Å². The molecule has 0 aliphatic rings. The zero-order valence-electron chi connectivity index (χ0n) is 16.0. The van der Waals surface area contributed by atoms with E-state index in [1.54, 1.807) is 42.4 Å². The molecule has 0 bridgehead atoms. The second-order valence-electron chi connectivity index (χ2n) is 6.55. The Morgan fingerprint density at radius 2 is 1.90 bits per heavy atom. The third-order valence-corrected chi connectivity index (χ3v) is 5.19. The summed E-state index contributed by atoms with van der Waals surface area (Å²) in [5, 5.41) is 3.01. The average Bonchev–Trinajstić information content (AvgIpc) is 3.12. The van der Waals surface area contributed by atoms with Crippen LogP contribution in [0.2, 0.25) is 0 Å². The molecule has 0 aliphatic carbocycles. The highest BCUT2D eigenvalue weighted by atomic mass is 32.1. The summed E-state index contributed by atoms with van der Waals surface area (Å²) in [6.45, 7) is 0. The van der Waals surface area contributed by atoms with Gasteiger partial charge in [-0.1, -0.05) is 23.5 Å². The number of nitrogens with one attached hydrogen (secondary N) is 1. The zero-order valence-corrected chi connectivity index (χ0v) is 16.8. The molecule has 0 aliphatic heterocycles. The number of anilines is 4. The molecule has 2 heterocycles. The van der Waals surface area contributed by atoms with Gasteiger partial charge < -0.3 is 16.0 Å². The van der Waals surface area contributed by atoms with E-state index in [0.29, 0.717) is 32.8 Å². The summed E-state index contributed by atoms with van der Waals surface area (Å²) in [4.78, 5) is 27.6. The Labute approximate surface area is 178 Å². The molecule has 31 heavy (non-hydrogen) atoms. The standard InChI is InChI=1S/C20H15F3N6OS/c1-29(19-25-10-15-17(28-19)31-18(24)27-15)14-7-3-6-13(9-14)26-16(30)11-4-2-5-12(8-11)20(21,22)23/h2-10H,1H3,(H2,24,27)(H,26,30). The number of aromatic nitrogens is 3. The van der Waals surface area contributed by atoms with Crippen molar-refractivity contribution in [1.29, 1.82) is 0 Å². The van der Waals surface area contributed by atoms with Crippen LogP contribution in [0.25, 0.3) is 10.3 Å². The highest BCUT2D eigenvalue weighted by Gasteiger charge is 2.30. The maximum atomic E-state index is 12.9. The van der Waals surface area contributed by atoms with Crippen LogP contribution < -0.4 is 16.0 Å². The highest BCUT2D eigenvalue weighted by molar-refractivity contribution is 7.21. The van der Waals surface area contributed by atoms with E-state index in [9.17, 15) is 18.0 Å². The van der Waals surface area contributed by atoms with Gasteiger partial charge in [0.05, 0.1) is 11.8 Å². The van der Waals surface area contributed by atoms with Gasteiger partial charge in [0.1, 0.15) is 5.52 Å². The number of carbonyl (C=O) groups is 1. The Bertz CT molecular complexity index is 1270. The lowest BCUT2D eigenvalue weighted by atomic mass is 10.1. The number of carbonyl (C=O) groups excluding carboxylic acids is 1. The van der Waals surface area contributed by atoms with E-state index in [2.05, 4.69) is 20.3 Å². The monoisotopic (exact) mass is 444 g/mol. The number of halogens is 3. The number of thiazole rings is 1. The fraction of sp³-hybridized carbons (Fsp3) is 0.100. The molecule has 11 heteroatoms. The number of nitrogens with zero attached hydrogens (tertiary/aromatic N) is 4. The number of rotatable bonds is 4. The first kappa shape index (κ1) is 20.5. The van der Waals surface area contributed by atoms with Crippen molar-refractivity contribution in [3.8, 4) is 0 Å². The van der Waals surface area contributed by atoms with Gasteiger partial charge in [0.15, 0.2) is 9.96 Å². The smallest absolute Gasteiger partial charge is 0.375 e. The van der Waals surface area contributed by atoms with Crippen molar-refractivity contribution in [2.75, 3.05) is 23.0 Å². The molecule has 0 fully saturated rings. The van der Waals surface area contributed by atoms with Crippen molar-refractivity contribution in [1.82, 2.24) is 15.0 Å². The maximum Gasteiger partial charge on any atom is 0.416 e. The van der Waals surface area contributed by atoms with E-state index in [4.69, 9.17) is 5.73 Å². The molecule has 0 saturated carbocycles. The van der Waals surface area contributed by atoms with Crippen LogP contribution in [0.3, 0.4) is 0 Å². The van der Waals surface area contributed by atoms with Crippen LogP contribution in [-0.2, 0) is 6.18 Å². The van der Waals surface area contributed by atoms with Crippen molar-refractivity contribution in [2.45, 2.75) is 6.18 Å². The molecule has 2 aromatic carbocycles. The number of benzene rings is 2. The molecular formula is C20H15F3N6OS. The molecule has 1 amide bonds. The molecule has 0 radical (unpaired) electrons. The van der Waals surface area contributed by atoms with Crippen molar-refractivity contribution in [3.05, 3.63) is 65.9 Å². The van der Waals surface area contributed by atoms with Gasteiger partial charge in [-0.3, -0.25) is 4.79 Å². The summed E-state index contributed by atoms with van der Waals surface area (Å²) >= 11 is 1.24. The number of nitrogens with two attached hydrogens (primary N) is 1. The minimum atomic E-state index is -4.53. The lowest BCUT2D eigenvalue weighted by molar-refractivity contribution is -0.137. The van der Waals surface area contributed by atoms with E-state index >= 15 is 0 Å². The van der Waals surface area contributed by atoms with Crippen LogP contribution in [0.5, 0.6) is 0 Å². The summed E-state index contributed by atoms with van der Waals surface area (Å²) < 4.78 is 38.7. The van der Waals surface area contributed by atoms with Gasteiger partial charge in [0, 0.05) is 24.0 Å². The molecule has 0 spiro atoms. The van der Waals surface area contributed by atoms with Gasteiger partial charge >= 0.3 is 6.18 Å². The minimum Gasteiger partial charge on any atom is -0.375 e. The highest BCUT2D eigenvalue weighted by Crippen LogP contribution is 2.30. The SMILES string of the molecule is CN(c1cccc(NC(=O)c2cccc(C(F)(F)F)c2)c1)c1ncc2nc(N)sc2n1. The number of nitrogen functional groups attached to an aromatic ring is 1. The first-order chi connectivity index (χ1) is 14.7. The molecule has 7 nitrogen and oxygen atoms in total. The van der Waals surface area contributed by atoms with Gasteiger partial charge in [-0.05, 0) is 36.4 Å². The van der Waals surface area contributed by atoms with Gasteiger partial charge in [0.2, 0.25) is 5.95 Å². The van der Waals surface area contributed by atoms with E-state index in [1.807, 2.05) is 0 Å². The second-order valence-corrected chi connectivity index (χ2v) is 7.56. The quantitative estimate of drug-likeness (QED) is 0.473. The average molecular weight is 444 g/mol. The molecule has 158 valence electrons. The van der Waals surface area contributed by atoms with Crippen LogP contribution in [0.1, 0.15) is 15.9 Å². The van der Waals surface area contributed by atoms with Gasteiger partial charge in [-0.25, -0.2) is 9.97 Å². The van der Waals surface area contributed by atoms with Crippen LogP contribution in [0.4, 0.5) is 35.6 Å². The van der Waals surface area contributed by atoms with Crippen molar-refractivity contribution < 1.29 is 18.0 Å². The van der Waals surface area contributed by atoms with Gasteiger partial charge in [-0.15, -0.1) is 0 Å². The molecule has 2 aromatic heterocycles.